The van der Waals surface area contributed by atoms with E-state index in [4.69, 9.17) is 4.74 Å². The topological polar surface area (TPSA) is 63.6 Å². The molecule has 1 aliphatic carbocycles. The van der Waals surface area contributed by atoms with Crippen molar-refractivity contribution in [2.45, 2.75) is 32.6 Å². The zero-order valence-corrected chi connectivity index (χ0v) is 12.9. The van der Waals surface area contributed by atoms with Crippen LogP contribution in [-0.4, -0.2) is 23.8 Å². The van der Waals surface area contributed by atoms with Crippen molar-refractivity contribution in [3.8, 4) is 0 Å². The number of aliphatic hydroxyl groups excluding tert-OH is 1. The summed E-state index contributed by atoms with van der Waals surface area (Å²) < 4.78 is 4.87. The average Bonchev–Trinajstić information content (AvgIpc) is 2.54. The number of benzene rings is 1. The van der Waals surface area contributed by atoms with Crippen molar-refractivity contribution in [2.75, 3.05) is 7.11 Å². The van der Waals surface area contributed by atoms with E-state index in [0.29, 0.717) is 17.6 Å². The second-order valence-corrected chi connectivity index (χ2v) is 5.34. The van der Waals surface area contributed by atoms with E-state index in [9.17, 15) is 14.7 Å². The summed E-state index contributed by atoms with van der Waals surface area (Å²) in [6.07, 6.45) is 3.19. The normalized spacial score (nSPS) is 15.5. The van der Waals surface area contributed by atoms with E-state index in [1.807, 2.05) is 18.2 Å². The maximum Gasteiger partial charge on any atom is 0.227 e. The molecular weight excluding hydrogens is 280 g/mol. The van der Waals surface area contributed by atoms with Crippen LogP contribution in [0.5, 0.6) is 0 Å². The Morgan fingerprint density at radius 3 is 2.27 bits per heavy atom. The van der Waals surface area contributed by atoms with Crippen LogP contribution in [0.25, 0.3) is 0 Å². The zero-order chi connectivity index (χ0) is 16.1. The Kier molecular flexibility index (Phi) is 5.15. The van der Waals surface area contributed by atoms with Gasteiger partial charge in [-0.2, -0.15) is 0 Å². The summed E-state index contributed by atoms with van der Waals surface area (Å²) >= 11 is 0. The van der Waals surface area contributed by atoms with Crippen LogP contribution in [0.3, 0.4) is 0 Å². The van der Waals surface area contributed by atoms with Crippen LogP contribution < -0.4 is 0 Å². The molecule has 0 aliphatic heterocycles. The first-order valence-corrected chi connectivity index (χ1v) is 7.36. The van der Waals surface area contributed by atoms with Gasteiger partial charge in [-0.1, -0.05) is 30.3 Å². The van der Waals surface area contributed by atoms with Gasteiger partial charge in [0, 0.05) is 11.1 Å². The van der Waals surface area contributed by atoms with Gasteiger partial charge in [-0.15, -0.1) is 0 Å². The van der Waals surface area contributed by atoms with E-state index in [2.05, 4.69) is 12.1 Å². The lowest BCUT2D eigenvalue weighted by molar-refractivity contribution is -0.120. The summed E-state index contributed by atoms with van der Waals surface area (Å²) in [6, 6.07) is 10.1. The second kappa shape index (κ2) is 7.07. The number of allylic oxidation sites excluding steroid dienone is 2. The van der Waals surface area contributed by atoms with Crippen molar-refractivity contribution in [1.82, 2.24) is 0 Å². The van der Waals surface area contributed by atoms with Gasteiger partial charge >= 0.3 is 0 Å². The van der Waals surface area contributed by atoms with Crippen molar-refractivity contribution in [1.29, 1.82) is 0 Å². The van der Waals surface area contributed by atoms with Crippen LogP contribution in [0.2, 0.25) is 0 Å². The molecule has 0 unspecified atom stereocenters. The molecule has 0 saturated carbocycles. The Morgan fingerprint density at radius 2 is 1.64 bits per heavy atom. The molecule has 1 aromatic carbocycles. The number of aryl methyl sites for hydroxylation is 1. The lowest BCUT2D eigenvalue weighted by atomic mass is 9.89. The van der Waals surface area contributed by atoms with Crippen molar-refractivity contribution in [3.63, 3.8) is 0 Å². The number of ketones is 2. The van der Waals surface area contributed by atoms with Gasteiger partial charge in [0.2, 0.25) is 23.1 Å². The number of rotatable bonds is 6. The van der Waals surface area contributed by atoms with Gasteiger partial charge in [0.15, 0.2) is 0 Å². The molecule has 1 aromatic rings. The van der Waals surface area contributed by atoms with Gasteiger partial charge in [0.1, 0.15) is 0 Å². The molecule has 2 rings (SSSR count). The third kappa shape index (κ3) is 3.27. The minimum atomic E-state index is -0.585. The zero-order valence-electron chi connectivity index (χ0n) is 12.9. The molecule has 0 aromatic heterocycles. The number of ether oxygens (including phenoxy) is 1. The highest BCUT2D eigenvalue weighted by molar-refractivity contribution is 6.23. The summed E-state index contributed by atoms with van der Waals surface area (Å²) in [5.41, 5.74) is 2.03. The highest BCUT2D eigenvalue weighted by Gasteiger charge is 2.33. The van der Waals surface area contributed by atoms with E-state index in [1.54, 1.807) is 6.92 Å². The fourth-order valence-corrected chi connectivity index (χ4v) is 2.60. The number of hydrogen-bond acceptors (Lipinski definition) is 4. The van der Waals surface area contributed by atoms with Crippen molar-refractivity contribution >= 4 is 11.6 Å². The van der Waals surface area contributed by atoms with Gasteiger partial charge in [-0.3, -0.25) is 9.59 Å². The number of carbonyl (C=O) groups is 2. The maximum absolute atomic E-state index is 12.2. The minimum Gasteiger partial charge on any atom is -0.501 e. The predicted molar refractivity (Wildman–Crippen MR) is 83.4 cm³/mol. The van der Waals surface area contributed by atoms with E-state index < -0.39 is 11.5 Å². The molecule has 22 heavy (non-hydrogen) atoms. The molecule has 0 saturated heterocycles. The second-order valence-electron chi connectivity index (χ2n) is 5.34. The van der Waals surface area contributed by atoms with Gasteiger partial charge in [0.25, 0.3) is 0 Å². The molecule has 116 valence electrons. The Hall–Kier alpha value is -2.36. The summed E-state index contributed by atoms with van der Waals surface area (Å²) in [5, 5.41) is 9.67. The van der Waals surface area contributed by atoms with Crippen LogP contribution in [0.4, 0.5) is 0 Å². The first kappa shape index (κ1) is 16.0. The monoisotopic (exact) mass is 300 g/mol. The van der Waals surface area contributed by atoms with Crippen LogP contribution in [-0.2, 0) is 20.7 Å². The Labute approximate surface area is 130 Å². The molecule has 0 amide bonds. The molecule has 4 nitrogen and oxygen atoms in total. The summed E-state index contributed by atoms with van der Waals surface area (Å²) in [7, 11) is 1.28. The number of unbranched alkanes of at least 4 members (excludes halogenated alkanes) is 1. The van der Waals surface area contributed by atoms with E-state index in [1.165, 1.54) is 12.7 Å². The largest absolute Gasteiger partial charge is 0.501 e. The highest BCUT2D eigenvalue weighted by Crippen LogP contribution is 2.27. The molecule has 0 bridgehead atoms. The van der Waals surface area contributed by atoms with E-state index >= 15 is 0 Å². The number of carbonyl (C=O) groups excluding carboxylic acids is 2. The van der Waals surface area contributed by atoms with Gasteiger partial charge in [-0.05, 0) is 38.2 Å². The Balaban J connectivity index is 1.97. The van der Waals surface area contributed by atoms with Gasteiger partial charge < -0.3 is 9.84 Å². The lowest BCUT2D eigenvalue weighted by Gasteiger charge is -2.18. The minimum absolute atomic E-state index is 0.242. The molecule has 0 atom stereocenters. The lowest BCUT2D eigenvalue weighted by Crippen LogP contribution is -2.24. The average molecular weight is 300 g/mol. The van der Waals surface area contributed by atoms with Gasteiger partial charge in [0.05, 0.1) is 7.11 Å². The third-order valence-corrected chi connectivity index (χ3v) is 3.89. The molecule has 1 aliphatic rings. The molecule has 0 fully saturated rings. The number of hydrogen-bond donors (Lipinski definition) is 1. The summed E-state index contributed by atoms with van der Waals surface area (Å²) in [4.78, 5) is 24.1. The first-order chi connectivity index (χ1) is 10.6. The quantitative estimate of drug-likeness (QED) is 0.647. The van der Waals surface area contributed by atoms with Crippen molar-refractivity contribution in [3.05, 3.63) is 58.6 Å². The smallest absolute Gasteiger partial charge is 0.227 e. The SMILES string of the molecule is COC1=C(O)C(=O)C(C)=C(CCCCc2ccccc2)C1=O. The molecule has 1 N–H and O–H groups in total. The van der Waals surface area contributed by atoms with Crippen LogP contribution in [0.1, 0.15) is 31.7 Å². The molecular formula is C18H20O4. The third-order valence-electron chi connectivity index (χ3n) is 3.89. The molecule has 4 heteroatoms. The fourth-order valence-electron chi connectivity index (χ4n) is 2.60. The highest BCUT2D eigenvalue weighted by atomic mass is 16.5. The fraction of sp³-hybridized carbons (Fsp3) is 0.333. The molecule has 0 heterocycles. The van der Waals surface area contributed by atoms with Crippen LogP contribution in [0, 0.1) is 0 Å². The summed E-state index contributed by atoms with van der Waals surface area (Å²) in [6.45, 7) is 1.58. The van der Waals surface area contributed by atoms with Crippen LogP contribution in [0.15, 0.2) is 53.0 Å². The van der Waals surface area contributed by atoms with Crippen molar-refractivity contribution < 1.29 is 19.4 Å². The molecule has 0 spiro atoms. The predicted octanol–water partition coefficient (Wildman–Crippen LogP) is 3.28. The van der Waals surface area contributed by atoms with E-state index in [0.717, 1.165) is 19.3 Å². The Morgan fingerprint density at radius 1 is 1.00 bits per heavy atom. The number of methoxy groups -OCH3 is 1. The van der Waals surface area contributed by atoms with Crippen LogP contribution >= 0.6 is 0 Å². The van der Waals surface area contributed by atoms with Crippen molar-refractivity contribution in [2.24, 2.45) is 0 Å². The molecule has 0 radical (unpaired) electrons. The summed E-state index contributed by atoms with van der Waals surface area (Å²) in [5.74, 6) is -1.72. The Bertz CT molecular complexity index is 638. The first-order valence-electron chi connectivity index (χ1n) is 7.36. The van der Waals surface area contributed by atoms with Gasteiger partial charge in [-0.25, -0.2) is 0 Å². The number of Topliss-reactive ketones (excluding diaryl/α,β-unsaturated/α-hetero) is 2. The number of aliphatic hydroxyl groups is 1. The maximum atomic E-state index is 12.2. The standard InChI is InChI=1S/C18H20O4/c1-12-14(16(20)18(22-2)17(21)15(12)19)11-7-6-10-13-8-4-3-5-9-13/h3-5,8-9,21H,6-7,10-11H2,1-2H3. The van der Waals surface area contributed by atoms with E-state index in [-0.39, 0.29) is 11.5 Å².